The van der Waals surface area contributed by atoms with Crippen LogP contribution in [0.2, 0.25) is 0 Å². The van der Waals surface area contributed by atoms with Crippen molar-refractivity contribution < 1.29 is 9.13 Å². The van der Waals surface area contributed by atoms with Gasteiger partial charge in [-0.05, 0) is 77.0 Å². The van der Waals surface area contributed by atoms with Crippen LogP contribution >= 0.6 is 0 Å². The van der Waals surface area contributed by atoms with Gasteiger partial charge < -0.3 is 9.72 Å². The molecule has 2 heterocycles. The van der Waals surface area contributed by atoms with Gasteiger partial charge in [-0.25, -0.2) is 9.18 Å². The van der Waals surface area contributed by atoms with Crippen molar-refractivity contribution >= 4 is 11.0 Å². The molecule has 0 atom stereocenters. The molecule has 0 spiro atoms. The first-order chi connectivity index (χ1) is 13.4. The maximum absolute atomic E-state index is 14.2. The lowest BCUT2D eigenvalue weighted by atomic mass is 9.79. The number of aromatic nitrogens is 2. The fourth-order valence-corrected chi connectivity index (χ4v) is 5.27. The minimum absolute atomic E-state index is 0.127. The number of halogens is 1. The zero-order chi connectivity index (χ0) is 19.9. The third-order valence-electron chi connectivity index (χ3n) is 6.93. The highest BCUT2D eigenvalue weighted by atomic mass is 19.1. The predicted molar refractivity (Wildman–Crippen MR) is 109 cm³/mol. The SMILES string of the molecule is CCOC1CCC(C)(N2CCC(n3c(=O)[nH]c4c(F)cc(C)cc43)CC2)CC1. The summed E-state index contributed by atoms with van der Waals surface area (Å²) in [7, 11) is 0. The third kappa shape index (κ3) is 3.52. The molecular formula is C22H32FN3O2. The first kappa shape index (κ1) is 19.6. The van der Waals surface area contributed by atoms with Crippen LogP contribution < -0.4 is 5.69 Å². The highest BCUT2D eigenvalue weighted by molar-refractivity contribution is 5.77. The van der Waals surface area contributed by atoms with E-state index in [1.54, 1.807) is 4.57 Å². The highest BCUT2D eigenvalue weighted by Crippen LogP contribution is 2.38. The molecule has 0 amide bonds. The number of likely N-dealkylation sites (tertiary alicyclic amines) is 1. The van der Waals surface area contributed by atoms with Crippen molar-refractivity contribution in [3.63, 3.8) is 0 Å². The lowest BCUT2D eigenvalue weighted by Crippen LogP contribution is -2.53. The van der Waals surface area contributed by atoms with Gasteiger partial charge in [-0.3, -0.25) is 9.47 Å². The van der Waals surface area contributed by atoms with Gasteiger partial charge in [0.15, 0.2) is 0 Å². The molecule has 2 fully saturated rings. The van der Waals surface area contributed by atoms with Gasteiger partial charge in [-0.15, -0.1) is 0 Å². The predicted octanol–water partition coefficient (Wildman–Crippen LogP) is 4.15. The summed E-state index contributed by atoms with van der Waals surface area (Å²) in [6.45, 7) is 9.07. The second kappa shape index (κ2) is 7.64. The van der Waals surface area contributed by atoms with Crippen LogP contribution in [0.3, 0.4) is 0 Å². The van der Waals surface area contributed by atoms with Gasteiger partial charge in [0.05, 0.1) is 11.6 Å². The van der Waals surface area contributed by atoms with E-state index < -0.39 is 0 Å². The van der Waals surface area contributed by atoms with Gasteiger partial charge in [0.25, 0.3) is 0 Å². The molecule has 1 aliphatic heterocycles. The number of imidazole rings is 1. The van der Waals surface area contributed by atoms with Crippen LogP contribution in [-0.4, -0.2) is 45.8 Å². The number of nitrogens with zero attached hydrogens (tertiary/aromatic N) is 2. The number of hydrogen-bond acceptors (Lipinski definition) is 3. The van der Waals surface area contributed by atoms with Crippen molar-refractivity contribution in [2.75, 3.05) is 19.7 Å². The Kier molecular flexibility index (Phi) is 5.36. The number of piperidine rings is 1. The van der Waals surface area contributed by atoms with Crippen molar-refractivity contribution in [2.24, 2.45) is 0 Å². The van der Waals surface area contributed by atoms with Crippen LogP contribution in [0.15, 0.2) is 16.9 Å². The normalized spacial score (nSPS) is 27.5. The van der Waals surface area contributed by atoms with Crippen molar-refractivity contribution in [1.82, 2.24) is 14.5 Å². The van der Waals surface area contributed by atoms with Crippen molar-refractivity contribution in [3.05, 3.63) is 34.0 Å². The Balaban J connectivity index is 1.47. The van der Waals surface area contributed by atoms with Gasteiger partial charge in [0, 0.05) is 31.3 Å². The molecule has 2 aromatic rings. The molecule has 1 N–H and O–H groups in total. The van der Waals surface area contributed by atoms with Crippen molar-refractivity contribution in [2.45, 2.75) is 77.0 Å². The maximum Gasteiger partial charge on any atom is 0.326 e. The molecule has 0 bridgehead atoms. The Hall–Kier alpha value is -1.66. The molecule has 2 aliphatic rings. The second-order valence-corrected chi connectivity index (χ2v) is 8.81. The van der Waals surface area contributed by atoms with Crippen molar-refractivity contribution in [1.29, 1.82) is 0 Å². The van der Waals surface area contributed by atoms with E-state index in [0.29, 0.717) is 17.1 Å². The Morgan fingerprint density at radius 3 is 2.54 bits per heavy atom. The summed E-state index contributed by atoms with van der Waals surface area (Å²) in [5.74, 6) is -0.346. The number of H-pyrrole nitrogens is 1. The molecular weight excluding hydrogens is 357 g/mol. The van der Waals surface area contributed by atoms with Crippen LogP contribution in [0.4, 0.5) is 4.39 Å². The monoisotopic (exact) mass is 389 g/mol. The molecule has 1 saturated carbocycles. The third-order valence-corrected chi connectivity index (χ3v) is 6.93. The second-order valence-electron chi connectivity index (χ2n) is 8.81. The molecule has 1 saturated heterocycles. The lowest BCUT2D eigenvalue weighted by molar-refractivity contribution is -0.0273. The number of aromatic amines is 1. The fraction of sp³-hybridized carbons (Fsp3) is 0.682. The molecule has 5 nitrogen and oxygen atoms in total. The van der Waals surface area contributed by atoms with Gasteiger partial charge in [-0.1, -0.05) is 0 Å². The van der Waals surface area contributed by atoms with Gasteiger partial charge in [0.2, 0.25) is 0 Å². The summed E-state index contributed by atoms with van der Waals surface area (Å²) >= 11 is 0. The minimum atomic E-state index is -0.346. The average molecular weight is 390 g/mol. The molecule has 154 valence electrons. The average Bonchev–Trinajstić information content (AvgIpc) is 3.00. The summed E-state index contributed by atoms with van der Waals surface area (Å²) in [5, 5.41) is 0. The van der Waals surface area contributed by atoms with Crippen LogP contribution in [0.5, 0.6) is 0 Å². The number of aryl methyl sites for hydroxylation is 1. The number of rotatable bonds is 4. The van der Waals surface area contributed by atoms with E-state index in [1.807, 2.05) is 13.0 Å². The van der Waals surface area contributed by atoms with E-state index in [4.69, 9.17) is 4.74 Å². The lowest BCUT2D eigenvalue weighted by Gasteiger charge is -2.48. The van der Waals surface area contributed by atoms with E-state index in [9.17, 15) is 9.18 Å². The zero-order valence-electron chi connectivity index (χ0n) is 17.3. The molecule has 1 aliphatic carbocycles. The van der Waals surface area contributed by atoms with Crippen LogP contribution in [-0.2, 0) is 4.74 Å². The van der Waals surface area contributed by atoms with E-state index in [1.165, 1.54) is 18.9 Å². The Labute approximate surface area is 165 Å². The molecule has 4 rings (SSSR count). The summed E-state index contributed by atoms with van der Waals surface area (Å²) in [4.78, 5) is 17.9. The van der Waals surface area contributed by atoms with Crippen molar-refractivity contribution in [3.8, 4) is 0 Å². The van der Waals surface area contributed by atoms with Gasteiger partial charge in [-0.2, -0.15) is 0 Å². The summed E-state index contributed by atoms with van der Waals surface area (Å²) in [5.41, 5.74) is 1.91. The Morgan fingerprint density at radius 1 is 1.21 bits per heavy atom. The summed E-state index contributed by atoms with van der Waals surface area (Å²) in [6, 6.07) is 3.52. The molecule has 28 heavy (non-hydrogen) atoms. The first-order valence-corrected chi connectivity index (χ1v) is 10.7. The quantitative estimate of drug-likeness (QED) is 0.855. The van der Waals surface area contributed by atoms with E-state index in [2.05, 4.69) is 23.7 Å². The summed E-state index contributed by atoms with van der Waals surface area (Å²) < 4.78 is 21.8. The number of benzene rings is 1. The van der Waals surface area contributed by atoms with E-state index >= 15 is 0 Å². The number of fused-ring (bicyclic) bond motifs is 1. The largest absolute Gasteiger partial charge is 0.379 e. The molecule has 1 aromatic heterocycles. The minimum Gasteiger partial charge on any atom is -0.379 e. The van der Waals surface area contributed by atoms with E-state index in [0.717, 1.165) is 50.9 Å². The topological polar surface area (TPSA) is 50.3 Å². The van der Waals surface area contributed by atoms with Gasteiger partial charge in [0.1, 0.15) is 11.3 Å². The van der Waals surface area contributed by atoms with Crippen LogP contribution in [0, 0.1) is 12.7 Å². The standard InChI is InChI=1S/C22H32FN3O2/c1-4-28-17-5-9-22(3,10-6-17)25-11-7-16(8-12-25)26-19-14-15(2)13-18(23)20(19)24-21(26)27/h13-14,16-17H,4-12H2,1-3H3,(H,24,27). The Morgan fingerprint density at radius 2 is 1.89 bits per heavy atom. The van der Waals surface area contributed by atoms with Crippen LogP contribution in [0.1, 0.15) is 64.0 Å². The number of ether oxygens (including phenoxy) is 1. The molecule has 6 heteroatoms. The molecule has 0 unspecified atom stereocenters. The smallest absolute Gasteiger partial charge is 0.326 e. The first-order valence-electron chi connectivity index (χ1n) is 10.7. The summed E-state index contributed by atoms with van der Waals surface area (Å²) in [6.07, 6.45) is 6.85. The number of nitrogens with one attached hydrogen (secondary N) is 1. The fourth-order valence-electron chi connectivity index (χ4n) is 5.27. The van der Waals surface area contributed by atoms with E-state index in [-0.39, 0.29) is 23.1 Å². The highest BCUT2D eigenvalue weighted by Gasteiger charge is 2.38. The molecule has 0 radical (unpaired) electrons. The zero-order valence-corrected chi connectivity index (χ0v) is 17.3. The van der Waals surface area contributed by atoms with Gasteiger partial charge >= 0.3 is 5.69 Å². The maximum atomic E-state index is 14.2. The number of hydrogen-bond donors (Lipinski definition) is 1. The Bertz CT molecular complexity index is 887. The molecule has 1 aromatic carbocycles. The van der Waals surface area contributed by atoms with Crippen LogP contribution in [0.25, 0.3) is 11.0 Å².